The Hall–Kier alpha value is 0.870. The van der Waals surface area contributed by atoms with E-state index in [2.05, 4.69) is 41.2 Å². The van der Waals surface area contributed by atoms with E-state index in [1.54, 1.807) is 0 Å². The zero-order valence-corrected chi connectivity index (χ0v) is 11.4. The Bertz CT molecular complexity index is 115. The van der Waals surface area contributed by atoms with Crippen LogP contribution in [0.3, 0.4) is 0 Å². The molecule has 0 spiro atoms. The first kappa shape index (κ1) is 17.3. The minimum Gasteiger partial charge on any atom is -0.318 e. The summed E-state index contributed by atoms with van der Waals surface area (Å²) in [6, 6.07) is 0.867. The van der Waals surface area contributed by atoms with Crippen LogP contribution in [0.1, 0.15) is 0 Å². The van der Waals surface area contributed by atoms with E-state index in [4.69, 9.17) is 0 Å². The van der Waals surface area contributed by atoms with E-state index in [9.17, 15) is 0 Å². The maximum absolute atomic E-state index is 4.27. The second-order valence-electron chi connectivity index (χ2n) is 3.01. The molecule has 0 saturated carbocycles. The molecule has 0 bridgehead atoms. The summed E-state index contributed by atoms with van der Waals surface area (Å²) < 4.78 is 0. The van der Waals surface area contributed by atoms with Crippen LogP contribution >= 0.6 is 37.7 Å². The molecule has 0 aliphatic carbocycles. The predicted molar refractivity (Wildman–Crippen MR) is 73.5 cm³/mol. The molecule has 6 heteroatoms. The normalized spacial score (nSPS) is 14.6. The lowest BCUT2D eigenvalue weighted by atomic mass is 10.3. The Morgan fingerprint density at radius 2 is 1.57 bits per heavy atom. The van der Waals surface area contributed by atoms with Gasteiger partial charge < -0.3 is 16.0 Å². The van der Waals surface area contributed by atoms with Crippen molar-refractivity contribution in [3.63, 3.8) is 0 Å². The first-order valence-corrected chi connectivity index (χ1v) is 5.81. The third-order valence-corrected chi connectivity index (χ3v) is 2.83. The Kier molecular flexibility index (Phi) is 14.7. The van der Waals surface area contributed by atoms with Crippen molar-refractivity contribution in [1.29, 1.82) is 0 Å². The highest BCUT2D eigenvalue weighted by molar-refractivity contribution is 7.80. The SMILES string of the molecule is CNCC(CS)NCC(CS)NC.Cl. The fourth-order valence-corrected chi connectivity index (χ4v) is 1.58. The Morgan fingerprint density at radius 1 is 1.00 bits per heavy atom. The van der Waals surface area contributed by atoms with Crippen molar-refractivity contribution in [3.05, 3.63) is 0 Å². The van der Waals surface area contributed by atoms with Crippen LogP contribution in [-0.4, -0.2) is 50.8 Å². The highest BCUT2D eigenvalue weighted by Crippen LogP contribution is 1.89. The quantitative estimate of drug-likeness (QED) is 0.400. The van der Waals surface area contributed by atoms with Crippen LogP contribution in [0.2, 0.25) is 0 Å². The van der Waals surface area contributed by atoms with Crippen LogP contribution < -0.4 is 16.0 Å². The van der Waals surface area contributed by atoms with Gasteiger partial charge in [-0.25, -0.2) is 0 Å². The second-order valence-corrected chi connectivity index (χ2v) is 3.74. The summed E-state index contributed by atoms with van der Waals surface area (Å²) in [5, 5.41) is 9.74. The predicted octanol–water partition coefficient (Wildman–Crippen LogP) is 0.0334. The van der Waals surface area contributed by atoms with Crippen LogP contribution in [0.4, 0.5) is 0 Å². The molecule has 0 amide bonds. The third-order valence-electron chi connectivity index (χ3n) is 1.95. The van der Waals surface area contributed by atoms with Gasteiger partial charge >= 0.3 is 0 Å². The fraction of sp³-hybridized carbons (Fsp3) is 1.00. The molecule has 0 aliphatic heterocycles. The van der Waals surface area contributed by atoms with Gasteiger partial charge in [0.15, 0.2) is 0 Å². The fourth-order valence-electron chi connectivity index (χ4n) is 1.01. The molecule has 0 aromatic rings. The molecule has 14 heavy (non-hydrogen) atoms. The number of hydrogen-bond acceptors (Lipinski definition) is 5. The van der Waals surface area contributed by atoms with Gasteiger partial charge in [-0.3, -0.25) is 0 Å². The monoisotopic (exact) mass is 259 g/mol. The zero-order chi connectivity index (χ0) is 10.1. The summed E-state index contributed by atoms with van der Waals surface area (Å²) in [4.78, 5) is 0. The summed E-state index contributed by atoms with van der Waals surface area (Å²) >= 11 is 8.51. The van der Waals surface area contributed by atoms with Gasteiger partial charge in [0.2, 0.25) is 0 Å². The molecule has 88 valence electrons. The first-order valence-electron chi connectivity index (χ1n) is 4.55. The number of nitrogens with one attached hydrogen (secondary N) is 3. The van der Waals surface area contributed by atoms with Gasteiger partial charge in [0, 0.05) is 36.7 Å². The number of rotatable bonds is 8. The minimum atomic E-state index is 0. The summed E-state index contributed by atoms with van der Waals surface area (Å²) in [5.74, 6) is 1.70. The zero-order valence-electron chi connectivity index (χ0n) is 8.79. The molecule has 3 N–H and O–H groups in total. The van der Waals surface area contributed by atoms with Crippen LogP contribution in [0, 0.1) is 0 Å². The number of likely N-dealkylation sites (N-methyl/N-ethyl adjacent to an activating group) is 2. The summed E-state index contributed by atoms with van der Waals surface area (Å²) in [6.45, 7) is 1.89. The Balaban J connectivity index is 0. The van der Waals surface area contributed by atoms with Crippen molar-refractivity contribution >= 4 is 37.7 Å². The van der Waals surface area contributed by atoms with Crippen LogP contribution in [-0.2, 0) is 0 Å². The van der Waals surface area contributed by atoms with Crippen molar-refractivity contribution in [2.45, 2.75) is 12.1 Å². The topological polar surface area (TPSA) is 36.1 Å². The highest BCUT2D eigenvalue weighted by Gasteiger charge is 2.07. The molecule has 0 radical (unpaired) electrons. The second kappa shape index (κ2) is 11.9. The van der Waals surface area contributed by atoms with Gasteiger partial charge in [-0.05, 0) is 14.1 Å². The molecule has 0 aromatic heterocycles. The third kappa shape index (κ3) is 8.20. The van der Waals surface area contributed by atoms with Gasteiger partial charge in [0.25, 0.3) is 0 Å². The van der Waals surface area contributed by atoms with Crippen LogP contribution in [0.5, 0.6) is 0 Å². The van der Waals surface area contributed by atoms with Crippen LogP contribution in [0.15, 0.2) is 0 Å². The number of thiol groups is 2. The Labute approximate surface area is 104 Å². The summed E-state index contributed by atoms with van der Waals surface area (Å²) in [6.07, 6.45) is 0. The number of halogens is 1. The maximum Gasteiger partial charge on any atom is 0.0281 e. The lowest BCUT2D eigenvalue weighted by Gasteiger charge is -2.20. The largest absolute Gasteiger partial charge is 0.318 e. The van der Waals surface area contributed by atoms with Crippen LogP contribution in [0.25, 0.3) is 0 Å². The van der Waals surface area contributed by atoms with E-state index in [1.807, 2.05) is 14.1 Å². The average Bonchev–Trinajstić information content (AvgIpc) is 2.17. The average molecular weight is 260 g/mol. The lowest BCUT2D eigenvalue weighted by Crippen LogP contribution is -2.46. The molecule has 2 unspecified atom stereocenters. The van der Waals surface area contributed by atoms with E-state index in [0.717, 1.165) is 24.6 Å². The van der Waals surface area contributed by atoms with E-state index in [-0.39, 0.29) is 12.4 Å². The molecule has 0 aromatic carbocycles. The van der Waals surface area contributed by atoms with E-state index >= 15 is 0 Å². The maximum atomic E-state index is 4.27. The summed E-state index contributed by atoms with van der Waals surface area (Å²) in [5.41, 5.74) is 0. The minimum absolute atomic E-state index is 0. The molecular weight excluding hydrogens is 238 g/mol. The molecule has 0 aliphatic rings. The first-order chi connectivity index (χ1) is 6.28. The van der Waals surface area contributed by atoms with Crippen molar-refractivity contribution in [3.8, 4) is 0 Å². The van der Waals surface area contributed by atoms with E-state index in [1.165, 1.54) is 0 Å². The molecule has 3 nitrogen and oxygen atoms in total. The van der Waals surface area contributed by atoms with Gasteiger partial charge in [-0.2, -0.15) is 25.3 Å². The van der Waals surface area contributed by atoms with Crippen molar-refractivity contribution in [2.75, 3.05) is 38.7 Å². The molecule has 2 atom stereocenters. The lowest BCUT2D eigenvalue weighted by molar-refractivity contribution is 0.479. The van der Waals surface area contributed by atoms with Crippen molar-refractivity contribution < 1.29 is 0 Å². The number of hydrogen-bond donors (Lipinski definition) is 5. The smallest absolute Gasteiger partial charge is 0.0281 e. The Morgan fingerprint density at radius 3 is 1.93 bits per heavy atom. The van der Waals surface area contributed by atoms with Gasteiger partial charge in [-0.15, -0.1) is 12.4 Å². The molecule has 0 heterocycles. The summed E-state index contributed by atoms with van der Waals surface area (Å²) in [7, 11) is 3.91. The van der Waals surface area contributed by atoms with E-state index in [0.29, 0.717) is 12.1 Å². The van der Waals surface area contributed by atoms with Crippen molar-refractivity contribution in [2.24, 2.45) is 0 Å². The highest BCUT2D eigenvalue weighted by atomic mass is 35.5. The van der Waals surface area contributed by atoms with E-state index < -0.39 is 0 Å². The van der Waals surface area contributed by atoms with Gasteiger partial charge in [0.05, 0.1) is 0 Å². The molecule has 0 fully saturated rings. The molecular formula is C8H22ClN3S2. The van der Waals surface area contributed by atoms with Gasteiger partial charge in [-0.1, -0.05) is 0 Å². The standard InChI is InChI=1S/C8H21N3S2.ClH/c1-9-3-8(6-13)11-4-7(5-12)10-2;/h7-13H,3-6H2,1-2H3;1H. The van der Waals surface area contributed by atoms with Crippen molar-refractivity contribution in [1.82, 2.24) is 16.0 Å². The van der Waals surface area contributed by atoms with Gasteiger partial charge in [0.1, 0.15) is 0 Å². The molecule has 0 saturated heterocycles. The molecule has 0 rings (SSSR count).